The summed E-state index contributed by atoms with van der Waals surface area (Å²) in [6.45, 7) is 5.49. The molecule has 5 nitrogen and oxygen atoms in total. The molecule has 0 unspecified atom stereocenters. The van der Waals surface area contributed by atoms with Crippen molar-refractivity contribution in [3.63, 3.8) is 0 Å². The molecular formula is C31H33Cl2NO4. The summed E-state index contributed by atoms with van der Waals surface area (Å²) in [5.74, 6) is 0.719. The standard InChI is InChI=1S/C31H33Cl2NO4/c1-3-15-34-23-11-7-13-25(35)29(23)28(30-24(34)12-8-14-26(30)36)20-16-22(33)31(27(17-20)37-4-2)38-18-19-9-5-6-10-21(19)32/h5-6,9-10,16-17,28H,3-4,7-8,11-15,18H2,1-2H3. The van der Waals surface area contributed by atoms with Crippen LogP contribution >= 0.6 is 23.2 Å². The van der Waals surface area contributed by atoms with Crippen LogP contribution in [0, 0.1) is 0 Å². The van der Waals surface area contributed by atoms with E-state index in [1.54, 1.807) is 0 Å². The molecule has 0 saturated carbocycles. The Labute approximate surface area is 234 Å². The summed E-state index contributed by atoms with van der Waals surface area (Å²) in [6.07, 6.45) is 5.29. The van der Waals surface area contributed by atoms with Gasteiger partial charge in [0.2, 0.25) is 0 Å². The van der Waals surface area contributed by atoms with E-state index in [0.29, 0.717) is 41.0 Å². The third-order valence-electron chi connectivity index (χ3n) is 7.53. The van der Waals surface area contributed by atoms with Gasteiger partial charge in [-0.2, -0.15) is 0 Å². The summed E-state index contributed by atoms with van der Waals surface area (Å²) in [6, 6.07) is 11.2. The van der Waals surface area contributed by atoms with Crippen molar-refractivity contribution in [2.75, 3.05) is 13.2 Å². The van der Waals surface area contributed by atoms with Gasteiger partial charge in [-0.25, -0.2) is 0 Å². The molecule has 0 fully saturated rings. The molecule has 0 spiro atoms. The highest BCUT2D eigenvalue weighted by atomic mass is 35.5. The molecular weight excluding hydrogens is 521 g/mol. The Hall–Kier alpha value is -2.76. The van der Waals surface area contributed by atoms with Crippen molar-refractivity contribution in [1.82, 2.24) is 4.90 Å². The third-order valence-corrected chi connectivity index (χ3v) is 8.18. The molecule has 3 aliphatic rings. The first-order valence-electron chi connectivity index (χ1n) is 13.6. The molecule has 0 bridgehead atoms. The van der Waals surface area contributed by atoms with Crippen molar-refractivity contribution in [3.8, 4) is 11.5 Å². The molecule has 0 amide bonds. The van der Waals surface area contributed by atoms with Gasteiger partial charge < -0.3 is 14.4 Å². The number of halogens is 2. The van der Waals surface area contributed by atoms with Gasteiger partial charge in [-0.1, -0.05) is 48.3 Å². The lowest BCUT2D eigenvalue weighted by Gasteiger charge is -2.44. The normalized spacial score (nSPS) is 18.1. The highest BCUT2D eigenvalue weighted by Gasteiger charge is 2.43. The van der Waals surface area contributed by atoms with Gasteiger partial charge in [-0.05, 0) is 62.8 Å². The van der Waals surface area contributed by atoms with Crippen LogP contribution in [0.2, 0.25) is 10.0 Å². The average molecular weight is 555 g/mol. The summed E-state index contributed by atoms with van der Waals surface area (Å²) in [4.78, 5) is 29.2. The minimum atomic E-state index is -0.442. The number of nitrogens with zero attached hydrogens (tertiary/aromatic N) is 1. The highest BCUT2D eigenvalue weighted by Crippen LogP contribution is 2.51. The van der Waals surface area contributed by atoms with Crippen molar-refractivity contribution in [1.29, 1.82) is 0 Å². The average Bonchev–Trinajstić information content (AvgIpc) is 2.90. The first-order chi connectivity index (χ1) is 18.4. The molecule has 2 aliphatic carbocycles. The lowest BCUT2D eigenvalue weighted by atomic mass is 9.71. The second kappa shape index (κ2) is 11.5. The maximum atomic E-state index is 13.5. The molecule has 7 heteroatoms. The van der Waals surface area contributed by atoms with Gasteiger partial charge in [0.25, 0.3) is 0 Å². The Morgan fingerprint density at radius 1 is 0.868 bits per heavy atom. The van der Waals surface area contributed by atoms with Crippen LogP contribution in [0.25, 0.3) is 0 Å². The summed E-state index contributed by atoms with van der Waals surface area (Å²) in [5, 5.41) is 0.993. The monoisotopic (exact) mass is 553 g/mol. The number of rotatable bonds is 8. The van der Waals surface area contributed by atoms with Gasteiger partial charge >= 0.3 is 0 Å². The number of carbonyl (C=O) groups is 2. The Bertz CT molecular complexity index is 1290. The zero-order valence-corrected chi connectivity index (χ0v) is 23.5. The molecule has 0 N–H and O–H groups in total. The molecule has 0 atom stereocenters. The zero-order chi connectivity index (χ0) is 26.8. The number of ether oxygens (including phenoxy) is 2. The second-order valence-electron chi connectivity index (χ2n) is 10.0. The lowest BCUT2D eigenvalue weighted by Crippen LogP contribution is -2.39. The van der Waals surface area contributed by atoms with E-state index in [0.717, 1.165) is 72.3 Å². The molecule has 38 heavy (non-hydrogen) atoms. The minimum absolute atomic E-state index is 0.121. The van der Waals surface area contributed by atoms with E-state index in [1.807, 2.05) is 43.3 Å². The van der Waals surface area contributed by atoms with Crippen molar-refractivity contribution in [2.45, 2.75) is 71.3 Å². The summed E-state index contributed by atoms with van der Waals surface area (Å²) < 4.78 is 12.1. The van der Waals surface area contributed by atoms with E-state index < -0.39 is 5.92 Å². The minimum Gasteiger partial charge on any atom is -0.490 e. The maximum Gasteiger partial charge on any atom is 0.180 e. The molecule has 5 rings (SSSR count). The summed E-state index contributed by atoms with van der Waals surface area (Å²) in [7, 11) is 0. The number of allylic oxidation sites excluding steroid dienone is 4. The largest absolute Gasteiger partial charge is 0.490 e. The number of Topliss-reactive ketones (excluding diaryl/α,β-unsaturated/α-hetero) is 2. The summed E-state index contributed by atoms with van der Waals surface area (Å²) >= 11 is 13.2. The van der Waals surface area contributed by atoms with E-state index in [9.17, 15) is 9.59 Å². The van der Waals surface area contributed by atoms with Gasteiger partial charge in [-0.15, -0.1) is 0 Å². The second-order valence-corrected chi connectivity index (χ2v) is 10.8. The van der Waals surface area contributed by atoms with E-state index in [4.69, 9.17) is 32.7 Å². The number of ketones is 2. The van der Waals surface area contributed by atoms with Gasteiger partial charge in [0.15, 0.2) is 23.1 Å². The van der Waals surface area contributed by atoms with Crippen LogP contribution in [0.1, 0.15) is 75.8 Å². The molecule has 0 aromatic heterocycles. The first-order valence-corrected chi connectivity index (χ1v) is 14.3. The number of hydrogen-bond acceptors (Lipinski definition) is 5. The number of hydrogen-bond donors (Lipinski definition) is 0. The molecule has 0 saturated heterocycles. The Kier molecular flexibility index (Phi) is 8.15. The topological polar surface area (TPSA) is 55.8 Å². The van der Waals surface area contributed by atoms with Gasteiger partial charge in [0.1, 0.15) is 6.61 Å². The number of carbonyl (C=O) groups excluding carboxylic acids is 2. The van der Waals surface area contributed by atoms with E-state index >= 15 is 0 Å². The van der Waals surface area contributed by atoms with E-state index in [1.165, 1.54) is 0 Å². The fourth-order valence-electron chi connectivity index (χ4n) is 5.97. The van der Waals surface area contributed by atoms with Crippen molar-refractivity contribution in [3.05, 3.63) is 80.1 Å². The van der Waals surface area contributed by atoms with Crippen LogP contribution < -0.4 is 9.47 Å². The van der Waals surface area contributed by atoms with Crippen LogP contribution in [-0.4, -0.2) is 29.6 Å². The Morgan fingerprint density at radius 3 is 2.13 bits per heavy atom. The third kappa shape index (κ3) is 4.99. The SMILES string of the molecule is CCCN1C2=C(C(=O)CCC2)C(c2cc(Cl)c(OCc3ccccc3Cl)c(OCC)c2)C2=C1CCCC2=O. The van der Waals surface area contributed by atoms with Gasteiger partial charge in [0, 0.05) is 58.4 Å². The molecule has 0 radical (unpaired) electrons. The van der Waals surface area contributed by atoms with Crippen molar-refractivity contribution >= 4 is 34.8 Å². The van der Waals surface area contributed by atoms with Gasteiger partial charge in [-0.3, -0.25) is 9.59 Å². The Balaban J connectivity index is 1.62. The molecule has 200 valence electrons. The fraction of sp³-hybridized carbons (Fsp3) is 0.419. The maximum absolute atomic E-state index is 13.5. The smallest absolute Gasteiger partial charge is 0.180 e. The van der Waals surface area contributed by atoms with Crippen molar-refractivity contribution in [2.24, 2.45) is 0 Å². The fourth-order valence-corrected chi connectivity index (χ4v) is 6.43. The lowest BCUT2D eigenvalue weighted by molar-refractivity contribution is -0.117. The first kappa shape index (κ1) is 26.8. The predicted octanol–water partition coefficient (Wildman–Crippen LogP) is 7.79. The highest BCUT2D eigenvalue weighted by molar-refractivity contribution is 6.32. The molecule has 1 heterocycles. The van der Waals surface area contributed by atoms with E-state index in [2.05, 4.69) is 11.8 Å². The number of benzene rings is 2. The quantitative estimate of drug-likeness (QED) is 0.333. The van der Waals surface area contributed by atoms with Crippen LogP contribution in [0.3, 0.4) is 0 Å². The van der Waals surface area contributed by atoms with Crippen molar-refractivity contribution < 1.29 is 19.1 Å². The van der Waals surface area contributed by atoms with Crippen LogP contribution in [0.4, 0.5) is 0 Å². The molecule has 2 aromatic rings. The summed E-state index contributed by atoms with van der Waals surface area (Å²) in [5.41, 5.74) is 5.30. The van der Waals surface area contributed by atoms with Crippen LogP contribution in [0.5, 0.6) is 11.5 Å². The molecule has 1 aliphatic heterocycles. The van der Waals surface area contributed by atoms with Crippen LogP contribution in [-0.2, 0) is 16.2 Å². The van der Waals surface area contributed by atoms with Crippen LogP contribution in [0.15, 0.2) is 58.9 Å². The zero-order valence-electron chi connectivity index (χ0n) is 21.9. The van der Waals surface area contributed by atoms with E-state index in [-0.39, 0.29) is 18.2 Å². The molecule has 2 aromatic carbocycles. The Morgan fingerprint density at radius 2 is 1.53 bits per heavy atom. The predicted molar refractivity (Wildman–Crippen MR) is 150 cm³/mol. The van der Waals surface area contributed by atoms with Gasteiger partial charge in [0.05, 0.1) is 11.6 Å².